The van der Waals surface area contributed by atoms with Gasteiger partial charge in [-0.25, -0.2) is 0 Å². The van der Waals surface area contributed by atoms with Crippen LogP contribution >= 0.6 is 0 Å². The minimum Gasteiger partial charge on any atom is -0.497 e. The fraction of sp³-hybridized carbons (Fsp3) is 0.571. The van der Waals surface area contributed by atoms with Crippen molar-refractivity contribution in [3.63, 3.8) is 0 Å². The van der Waals surface area contributed by atoms with Gasteiger partial charge < -0.3 is 14.6 Å². The van der Waals surface area contributed by atoms with Crippen LogP contribution < -0.4 is 4.74 Å². The number of rotatable bonds is 4. The molecule has 3 nitrogen and oxygen atoms in total. The van der Waals surface area contributed by atoms with E-state index in [9.17, 15) is 5.11 Å². The Bertz CT molecular complexity index is 394. The smallest absolute Gasteiger partial charge is 0.119 e. The molecule has 0 fully saturated rings. The lowest BCUT2D eigenvalue weighted by Gasteiger charge is -2.40. The van der Waals surface area contributed by atoms with Crippen molar-refractivity contribution in [3.8, 4) is 5.75 Å². The van der Waals surface area contributed by atoms with Gasteiger partial charge in [0, 0.05) is 7.11 Å². The summed E-state index contributed by atoms with van der Waals surface area (Å²) < 4.78 is 10.5. The average molecular weight is 238 g/mol. The van der Waals surface area contributed by atoms with Crippen molar-refractivity contribution in [1.82, 2.24) is 0 Å². The summed E-state index contributed by atoms with van der Waals surface area (Å²) in [7, 11) is 3.24. The van der Waals surface area contributed by atoms with Crippen molar-refractivity contribution in [2.24, 2.45) is 0 Å². The third-order valence-corrected chi connectivity index (χ3v) is 3.64. The molecule has 0 heterocycles. The summed E-state index contributed by atoms with van der Waals surface area (Å²) in [6.07, 6.45) is 0. The SMILES string of the molecule is COc1ccc(C(C)(O)C(C)(C)OC)c(C)c1. The highest BCUT2D eigenvalue weighted by atomic mass is 16.5. The maximum atomic E-state index is 10.7. The van der Waals surface area contributed by atoms with E-state index in [0.29, 0.717) is 0 Å². The average Bonchev–Trinajstić information content (AvgIpc) is 2.28. The summed E-state index contributed by atoms with van der Waals surface area (Å²) in [4.78, 5) is 0. The Morgan fingerprint density at radius 2 is 1.71 bits per heavy atom. The fourth-order valence-electron chi connectivity index (χ4n) is 1.83. The molecular formula is C14H22O3. The molecule has 0 amide bonds. The zero-order valence-electron chi connectivity index (χ0n) is 11.5. The summed E-state index contributed by atoms with van der Waals surface area (Å²) in [6, 6.07) is 5.65. The first-order chi connectivity index (χ1) is 7.76. The molecule has 0 saturated heterocycles. The zero-order chi connectivity index (χ0) is 13.3. The molecule has 96 valence electrons. The molecule has 1 atom stereocenters. The highest BCUT2D eigenvalue weighted by molar-refractivity contribution is 5.39. The molecule has 3 heteroatoms. The maximum absolute atomic E-state index is 10.7. The number of hydrogen-bond acceptors (Lipinski definition) is 3. The predicted molar refractivity (Wildman–Crippen MR) is 68.4 cm³/mol. The van der Waals surface area contributed by atoms with E-state index in [-0.39, 0.29) is 0 Å². The molecule has 0 aliphatic rings. The third kappa shape index (κ3) is 2.45. The van der Waals surface area contributed by atoms with Gasteiger partial charge >= 0.3 is 0 Å². The third-order valence-electron chi connectivity index (χ3n) is 3.64. The Hall–Kier alpha value is -1.06. The van der Waals surface area contributed by atoms with Gasteiger partial charge in [-0.3, -0.25) is 0 Å². The van der Waals surface area contributed by atoms with Crippen molar-refractivity contribution in [2.75, 3.05) is 14.2 Å². The van der Waals surface area contributed by atoms with Gasteiger partial charge in [0.2, 0.25) is 0 Å². The molecule has 0 aliphatic heterocycles. The molecule has 0 spiro atoms. The quantitative estimate of drug-likeness (QED) is 0.876. The highest BCUT2D eigenvalue weighted by Gasteiger charge is 2.41. The number of benzene rings is 1. The Morgan fingerprint density at radius 3 is 2.12 bits per heavy atom. The number of aryl methyl sites for hydroxylation is 1. The summed E-state index contributed by atoms with van der Waals surface area (Å²) in [5, 5.41) is 10.7. The van der Waals surface area contributed by atoms with Crippen molar-refractivity contribution in [1.29, 1.82) is 0 Å². The summed E-state index contributed by atoms with van der Waals surface area (Å²) in [5.41, 5.74) is 0.120. The summed E-state index contributed by atoms with van der Waals surface area (Å²) in [5.74, 6) is 0.789. The van der Waals surface area contributed by atoms with Gasteiger partial charge in [-0.05, 0) is 51.0 Å². The molecule has 1 N–H and O–H groups in total. The van der Waals surface area contributed by atoms with Gasteiger partial charge in [-0.15, -0.1) is 0 Å². The van der Waals surface area contributed by atoms with Crippen LogP contribution in [0, 0.1) is 6.92 Å². The Kier molecular flexibility index (Phi) is 3.84. The second kappa shape index (κ2) is 4.67. The van der Waals surface area contributed by atoms with Crippen LogP contribution in [0.4, 0.5) is 0 Å². The summed E-state index contributed by atoms with van der Waals surface area (Å²) in [6.45, 7) is 7.47. The fourth-order valence-corrected chi connectivity index (χ4v) is 1.83. The molecule has 1 aromatic rings. The first-order valence-corrected chi connectivity index (χ1v) is 5.69. The van der Waals surface area contributed by atoms with Gasteiger partial charge in [0.25, 0.3) is 0 Å². The molecule has 0 bridgehead atoms. The van der Waals surface area contributed by atoms with Crippen LogP contribution in [-0.2, 0) is 10.3 Å². The van der Waals surface area contributed by atoms with Crippen LogP contribution in [0.2, 0.25) is 0 Å². The molecule has 17 heavy (non-hydrogen) atoms. The molecule has 1 aromatic carbocycles. The van der Waals surface area contributed by atoms with E-state index in [4.69, 9.17) is 9.47 Å². The lowest BCUT2D eigenvalue weighted by molar-refractivity contribution is -0.145. The molecule has 1 unspecified atom stereocenters. The number of aliphatic hydroxyl groups is 1. The van der Waals surface area contributed by atoms with E-state index in [1.54, 1.807) is 21.1 Å². The Morgan fingerprint density at radius 1 is 1.12 bits per heavy atom. The number of methoxy groups -OCH3 is 2. The van der Waals surface area contributed by atoms with Crippen LogP contribution in [0.1, 0.15) is 31.9 Å². The molecule has 0 saturated carbocycles. The van der Waals surface area contributed by atoms with Crippen LogP contribution in [0.25, 0.3) is 0 Å². The van der Waals surface area contributed by atoms with Crippen molar-refractivity contribution in [3.05, 3.63) is 29.3 Å². The van der Waals surface area contributed by atoms with Crippen LogP contribution in [0.3, 0.4) is 0 Å². The lowest BCUT2D eigenvalue weighted by Crippen LogP contribution is -2.46. The first kappa shape index (κ1) is 14.0. The van der Waals surface area contributed by atoms with Gasteiger partial charge in [0.05, 0.1) is 12.7 Å². The number of hydrogen-bond donors (Lipinski definition) is 1. The topological polar surface area (TPSA) is 38.7 Å². The van der Waals surface area contributed by atoms with E-state index < -0.39 is 11.2 Å². The van der Waals surface area contributed by atoms with Gasteiger partial charge in [0.1, 0.15) is 11.4 Å². The normalized spacial score (nSPS) is 15.5. The number of ether oxygens (including phenoxy) is 2. The van der Waals surface area contributed by atoms with Gasteiger partial charge in [-0.1, -0.05) is 6.07 Å². The molecule has 0 radical (unpaired) electrons. The Labute approximate surface area is 103 Å². The maximum Gasteiger partial charge on any atom is 0.119 e. The molecule has 0 aliphatic carbocycles. The Balaban J connectivity index is 3.24. The van der Waals surface area contributed by atoms with Gasteiger partial charge in [0.15, 0.2) is 0 Å². The molecular weight excluding hydrogens is 216 g/mol. The van der Waals surface area contributed by atoms with Crippen LogP contribution in [0.15, 0.2) is 18.2 Å². The van der Waals surface area contributed by atoms with Gasteiger partial charge in [-0.2, -0.15) is 0 Å². The van der Waals surface area contributed by atoms with E-state index in [1.165, 1.54) is 0 Å². The van der Waals surface area contributed by atoms with E-state index >= 15 is 0 Å². The summed E-state index contributed by atoms with van der Waals surface area (Å²) >= 11 is 0. The lowest BCUT2D eigenvalue weighted by atomic mass is 9.79. The van der Waals surface area contributed by atoms with Crippen LogP contribution in [-0.4, -0.2) is 24.9 Å². The monoisotopic (exact) mass is 238 g/mol. The van der Waals surface area contributed by atoms with Crippen molar-refractivity contribution < 1.29 is 14.6 Å². The minimum absolute atomic E-state index is 0.660. The van der Waals surface area contributed by atoms with E-state index in [0.717, 1.165) is 16.9 Å². The predicted octanol–water partition coefficient (Wildman–Crippen LogP) is 2.64. The van der Waals surface area contributed by atoms with Crippen molar-refractivity contribution >= 4 is 0 Å². The van der Waals surface area contributed by atoms with Crippen molar-refractivity contribution in [2.45, 2.75) is 38.9 Å². The second-order valence-corrected chi connectivity index (χ2v) is 4.97. The van der Waals surface area contributed by atoms with Crippen LogP contribution in [0.5, 0.6) is 5.75 Å². The second-order valence-electron chi connectivity index (χ2n) is 4.97. The highest BCUT2D eigenvalue weighted by Crippen LogP contribution is 2.37. The van der Waals surface area contributed by atoms with E-state index in [1.807, 2.05) is 39.0 Å². The first-order valence-electron chi connectivity index (χ1n) is 5.69. The van der Waals surface area contributed by atoms with E-state index in [2.05, 4.69) is 0 Å². The molecule has 0 aromatic heterocycles. The zero-order valence-corrected chi connectivity index (χ0v) is 11.5. The minimum atomic E-state index is -1.06. The molecule has 1 rings (SSSR count). The largest absolute Gasteiger partial charge is 0.497 e. The standard InChI is InChI=1S/C14H22O3/c1-10-9-11(16-5)7-8-12(10)14(4,15)13(2,3)17-6/h7-9,15H,1-6H3.